The zero-order valence-corrected chi connectivity index (χ0v) is 11.5. The van der Waals surface area contributed by atoms with Crippen LogP contribution in [-0.4, -0.2) is 58.8 Å². The van der Waals surface area contributed by atoms with Crippen LogP contribution in [0.3, 0.4) is 0 Å². The molecule has 1 aliphatic rings. The highest BCUT2D eigenvalue weighted by Gasteiger charge is 2.34. The van der Waals surface area contributed by atoms with Crippen LogP contribution in [0.15, 0.2) is 6.20 Å². The molecule has 1 aliphatic heterocycles. The number of carbonyl (C=O) groups is 2. The van der Waals surface area contributed by atoms with E-state index in [-0.39, 0.29) is 35.8 Å². The molecule has 20 heavy (non-hydrogen) atoms. The molecule has 1 aromatic heterocycles. The minimum absolute atomic E-state index is 0.00129. The van der Waals surface area contributed by atoms with Gasteiger partial charge in [0.25, 0.3) is 5.91 Å². The average Bonchev–Trinajstić information content (AvgIpc) is 2.83. The largest absolute Gasteiger partial charge is 0.396 e. The number of hydrogen-bond acceptors (Lipinski definition) is 5. The fourth-order valence-electron chi connectivity index (χ4n) is 2.06. The lowest BCUT2D eigenvalue weighted by molar-refractivity contribution is -0.131. The van der Waals surface area contributed by atoms with Crippen molar-refractivity contribution < 1.29 is 14.3 Å². The van der Waals surface area contributed by atoms with Gasteiger partial charge in [0.1, 0.15) is 11.7 Å². The highest BCUT2D eigenvalue weighted by molar-refractivity contribution is 5.99. The van der Waals surface area contributed by atoms with E-state index in [1.54, 1.807) is 0 Å². The Morgan fingerprint density at radius 2 is 2.35 bits per heavy atom. The maximum atomic E-state index is 12.4. The number of hydrogen-bond donors (Lipinski definition) is 3. The number of nitrogens with zero attached hydrogens (tertiary/aromatic N) is 2. The van der Waals surface area contributed by atoms with E-state index in [9.17, 15) is 9.59 Å². The van der Waals surface area contributed by atoms with Crippen LogP contribution < -0.4 is 11.1 Å². The predicted octanol–water partition coefficient (Wildman–Crippen LogP) is -0.642. The normalized spacial score (nSPS) is 19.1. The highest BCUT2D eigenvalue weighted by atomic mass is 16.5. The summed E-state index contributed by atoms with van der Waals surface area (Å²) < 4.78 is 5.30. The summed E-state index contributed by atoms with van der Waals surface area (Å²) in [6, 6.07) is -0.653. The average molecular weight is 281 g/mol. The Morgan fingerprint density at radius 1 is 1.60 bits per heavy atom. The lowest BCUT2D eigenvalue weighted by Gasteiger charge is -2.34. The van der Waals surface area contributed by atoms with Crippen LogP contribution in [0.1, 0.15) is 24.3 Å². The van der Waals surface area contributed by atoms with Gasteiger partial charge in [-0.25, -0.2) is 0 Å². The molecule has 0 saturated carbocycles. The molecular weight excluding hydrogens is 262 g/mol. The Kier molecular flexibility index (Phi) is 4.23. The smallest absolute Gasteiger partial charge is 0.274 e. The van der Waals surface area contributed by atoms with E-state index in [1.807, 2.05) is 13.8 Å². The van der Waals surface area contributed by atoms with Crippen molar-refractivity contribution in [3.8, 4) is 0 Å². The first-order valence-corrected chi connectivity index (χ1v) is 6.48. The van der Waals surface area contributed by atoms with E-state index < -0.39 is 6.04 Å². The fraction of sp³-hybridized carbons (Fsp3) is 0.583. The number of anilines is 1. The summed E-state index contributed by atoms with van der Waals surface area (Å²) in [4.78, 5) is 26.0. The van der Waals surface area contributed by atoms with Crippen molar-refractivity contribution in [3.05, 3.63) is 11.9 Å². The molecule has 1 saturated heterocycles. The number of amides is 2. The minimum Gasteiger partial charge on any atom is -0.396 e. The molecule has 2 amide bonds. The van der Waals surface area contributed by atoms with E-state index >= 15 is 0 Å². The quantitative estimate of drug-likeness (QED) is 0.682. The fourth-order valence-corrected chi connectivity index (χ4v) is 2.06. The topological polar surface area (TPSA) is 113 Å². The summed E-state index contributed by atoms with van der Waals surface area (Å²) in [6.07, 6.45) is 1.37. The SMILES string of the molecule is CC(C)NC(=O)C1COCCN1C(=O)c1[nH]ncc1N. The van der Waals surface area contributed by atoms with Crippen LogP contribution in [0.4, 0.5) is 5.69 Å². The third kappa shape index (κ3) is 2.90. The standard InChI is InChI=1S/C12H19N5O3/c1-7(2)15-11(18)9-6-20-4-3-17(9)12(19)10-8(13)5-14-16-10/h5,7,9H,3-4,6,13H2,1-2H3,(H,14,16)(H,15,18). The molecule has 0 spiro atoms. The first-order valence-electron chi connectivity index (χ1n) is 6.48. The van der Waals surface area contributed by atoms with Gasteiger partial charge in [0, 0.05) is 12.6 Å². The number of H-pyrrole nitrogens is 1. The minimum atomic E-state index is -0.652. The summed E-state index contributed by atoms with van der Waals surface area (Å²) in [6.45, 7) is 4.64. The molecule has 0 radical (unpaired) electrons. The summed E-state index contributed by atoms with van der Waals surface area (Å²) in [5.74, 6) is -0.571. The number of nitrogens with one attached hydrogen (secondary N) is 2. The molecule has 1 aromatic rings. The lowest BCUT2D eigenvalue weighted by atomic mass is 10.1. The van der Waals surface area contributed by atoms with Gasteiger partial charge in [-0.2, -0.15) is 5.10 Å². The molecule has 0 aromatic carbocycles. The number of ether oxygens (including phenoxy) is 1. The first-order chi connectivity index (χ1) is 9.50. The lowest BCUT2D eigenvalue weighted by Crippen LogP contribution is -2.56. The van der Waals surface area contributed by atoms with Gasteiger partial charge < -0.3 is 20.7 Å². The summed E-state index contributed by atoms with van der Waals surface area (Å²) >= 11 is 0. The van der Waals surface area contributed by atoms with Crippen molar-refractivity contribution in [1.82, 2.24) is 20.4 Å². The maximum Gasteiger partial charge on any atom is 0.274 e. The number of carbonyl (C=O) groups excluding carboxylic acids is 2. The van der Waals surface area contributed by atoms with Gasteiger partial charge in [-0.3, -0.25) is 14.7 Å². The molecular formula is C12H19N5O3. The van der Waals surface area contributed by atoms with Crippen LogP contribution >= 0.6 is 0 Å². The molecule has 2 rings (SSSR count). The summed E-state index contributed by atoms with van der Waals surface area (Å²) in [5.41, 5.74) is 6.15. The Labute approximate surface area is 116 Å². The van der Waals surface area contributed by atoms with E-state index in [4.69, 9.17) is 10.5 Å². The Balaban J connectivity index is 2.17. The van der Waals surface area contributed by atoms with Crippen LogP contribution in [0.2, 0.25) is 0 Å². The first kappa shape index (κ1) is 14.3. The number of nitrogen functional groups attached to an aromatic ring is 1. The number of aromatic nitrogens is 2. The third-order valence-corrected chi connectivity index (χ3v) is 3.01. The summed E-state index contributed by atoms with van der Waals surface area (Å²) in [5, 5.41) is 9.08. The van der Waals surface area contributed by atoms with Crippen molar-refractivity contribution in [3.63, 3.8) is 0 Å². The predicted molar refractivity (Wildman–Crippen MR) is 71.9 cm³/mol. The van der Waals surface area contributed by atoms with Gasteiger partial charge in [-0.15, -0.1) is 0 Å². The molecule has 8 heteroatoms. The highest BCUT2D eigenvalue weighted by Crippen LogP contribution is 2.15. The Hall–Kier alpha value is -2.09. The molecule has 0 aliphatic carbocycles. The second kappa shape index (κ2) is 5.91. The molecule has 1 fully saturated rings. The van der Waals surface area contributed by atoms with Crippen LogP contribution in [0.5, 0.6) is 0 Å². The van der Waals surface area contributed by atoms with Gasteiger partial charge in [0.2, 0.25) is 5.91 Å². The zero-order valence-electron chi connectivity index (χ0n) is 11.5. The maximum absolute atomic E-state index is 12.4. The van der Waals surface area contributed by atoms with Crippen LogP contribution in [-0.2, 0) is 9.53 Å². The van der Waals surface area contributed by atoms with Crippen molar-refractivity contribution in [2.75, 3.05) is 25.5 Å². The van der Waals surface area contributed by atoms with Crippen molar-refractivity contribution in [1.29, 1.82) is 0 Å². The molecule has 2 heterocycles. The van der Waals surface area contributed by atoms with E-state index in [0.717, 1.165) is 0 Å². The van der Waals surface area contributed by atoms with Gasteiger partial charge in [-0.05, 0) is 13.8 Å². The number of rotatable bonds is 3. The van der Waals surface area contributed by atoms with E-state index in [2.05, 4.69) is 15.5 Å². The van der Waals surface area contributed by atoms with Crippen LogP contribution in [0.25, 0.3) is 0 Å². The monoisotopic (exact) mass is 281 g/mol. The molecule has 1 unspecified atom stereocenters. The zero-order chi connectivity index (χ0) is 14.7. The van der Waals surface area contributed by atoms with Crippen molar-refractivity contribution in [2.45, 2.75) is 25.9 Å². The number of nitrogens with two attached hydrogens (primary N) is 1. The molecule has 0 bridgehead atoms. The van der Waals surface area contributed by atoms with Crippen molar-refractivity contribution in [2.24, 2.45) is 0 Å². The number of morpholine rings is 1. The third-order valence-electron chi connectivity index (χ3n) is 3.01. The molecule has 110 valence electrons. The van der Waals surface area contributed by atoms with Gasteiger partial charge in [0.05, 0.1) is 25.1 Å². The van der Waals surface area contributed by atoms with E-state index in [1.165, 1.54) is 11.1 Å². The van der Waals surface area contributed by atoms with E-state index in [0.29, 0.717) is 13.2 Å². The van der Waals surface area contributed by atoms with Crippen LogP contribution in [0, 0.1) is 0 Å². The Bertz CT molecular complexity index is 499. The van der Waals surface area contributed by atoms with Crippen molar-refractivity contribution >= 4 is 17.5 Å². The molecule has 8 nitrogen and oxygen atoms in total. The second-order valence-electron chi connectivity index (χ2n) is 4.95. The van der Waals surface area contributed by atoms with Gasteiger partial charge in [-0.1, -0.05) is 0 Å². The Morgan fingerprint density at radius 3 is 2.95 bits per heavy atom. The molecule has 4 N–H and O–H groups in total. The van der Waals surface area contributed by atoms with Gasteiger partial charge in [0.15, 0.2) is 0 Å². The van der Waals surface area contributed by atoms with Gasteiger partial charge >= 0.3 is 0 Å². The summed E-state index contributed by atoms with van der Waals surface area (Å²) in [7, 11) is 0. The molecule has 1 atom stereocenters. The number of aromatic amines is 1. The second-order valence-corrected chi connectivity index (χ2v) is 4.95.